The van der Waals surface area contributed by atoms with E-state index in [1.54, 1.807) is 0 Å². The van der Waals surface area contributed by atoms with Gasteiger partial charge in [-0.15, -0.1) is 4.83 Å². The molecule has 0 unspecified atom stereocenters. The van der Waals surface area contributed by atoms with Crippen LogP contribution in [0.3, 0.4) is 0 Å². The summed E-state index contributed by atoms with van der Waals surface area (Å²) in [5, 5.41) is 24.8. The Bertz CT molecular complexity index is 1060. The number of anilines is 2. The first-order chi connectivity index (χ1) is 14.2. The van der Waals surface area contributed by atoms with Crippen LogP contribution < -0.4 is 15.0 Å². The molecule has 3 rings (SSSR count). The lowest BCUT2D eigenvalue weighted by molar-refractivity contribution is -0.384. The number of nitrogens with zero attached hydrogens (tertiary/aromatic N) is 3. The summed E-state index contributed by atoms with van der Waals surface area (Å²) in [4.78, 5) is 26.7. The molecular formula is C18H21N5O6S. The maximum Gasteiger partial charge on any atom is 0.337 e. The first kappa shape index (κ1) is 21.5. The van der Waals surface area contributed by atoms with Gasteiger partial charge in [-0.2, -0.15) is 0 Å². The molecule has 1 heterocycles. The number of benzene rings is 2. The smallest absolute Gasteiger partial charge is 0.337 e. The molecule has 30 heavy (non-hydrogen) atoms. The molecule has 11 nitrogen and oxygen atoms in total. The molecule has 2 aromatic carbocycles. The molecule has 0 aliphatic carbocycles. The summed E-state index contributed by atoms with van der Waals surface area (Å²) in [7, 11) is -3.69. The maximum absolute atomic E-state index is 12.1. The lowest BCUT2D eigenvalue weighted by Crippen LogP contribution is -2.49. The number of nitro benzene ring substituents is 1. The monoisotopic (exact) mass is 435 g/mol. The Morgan fingerprint density at radius 2 is 2.00 bits per heavy atom. The molecule has 2 amide bonds. The van der Waals surface area contributed by atoms with Gasteiger partial charge in [0.2, 0.25) is 10.0 Å². The van der Waals surface area contributed by atoms with Gasteiger partial charge in [0.15, 0.2) is 0 Å². The molecule has 0 radical (unpaired) electrons. The zero-order chi connectivity index (χ0) is 21.9. The van der Waals surface area contributed by atoms with Gasteiger partial charge in [-0.3, -0.25) is 10.1 Å². The number of urea groups is 1. The molecule has 0 atom stereocenters. The van der Waals surface area contributed by atoms with E-state index in [1.165, 1.54) is 17.0 Å². The van der Waals surface area contributed by atoms with Crippen LogP contribution in [0, 0.1) is 10.1 Å². The van der Waals surface area contributed by atoms with E-state index in [9.17, 15) is 28.4 Å². The van der Waals surface area contributed by atoms with Crippen LogP contribution in [0.5, 0.6) is 0 Å². The average Bonchev–Trinajstić information content (AvgIpc) is 2.68. The molecule has 0 saturated heterocycles. The van der Waals surface area contributed by atoms with Crippen molar-refractivity contribution in [3.05, 3.63) is 63.7 Å². The first-order valence-electron chi connectivity index (χ1n) is 8.95. The average molecular weight is 435 g/mol. The number of rotatable bonds is 8. The molecular weight excluding hydrogens is 414 g/mol. The highest BCUT2D eigenvalue weighted by Crippen LogP contribution is 2.36. The number of carbonyl (C=O) groups is 1. The topological polar surface area (TPSA) is 145 Å². The lowest BCUT2D eigenvalue weighted by Gasteiger charge is -2.30. The molecule has 1 aliphatic heterocycles. The van der Waals surface area contributed by atoms with Crippen molar-refractivity contribution in [3.63, 3.8) is 0 Å². The number of nitro groups is 1. The van der Waals surface area contributed by atoms with Crippen LogP contribution in [0.2, 0.25) is 0 Å². The highest BCUT2D eigenvalue weighted by molar-refractivity contribution is 7.88. The molecule has 1 aliphatic rings. The minimum atomic E-state index is -3.69. The molecule has 12 heteroatoms. The van der Waals surface area contributed by atoms with Crippen molar-refractivity contribution in [1.82, 2.24) is 9.84 Å². The standard InChI is InChI=1S/C18H21N5O6S/c1-30(28,29)20-22-11-14-9-16(17(23(26)27)10-15(14)19-18(22)25)21(12-24)8-7-13-5-3-2-4-6-13/h2-6,9-10,20,24H,7-8,11-12H2,1H3,(H,19,25). The summed E-state index contributed by atoms with van der Waals surface area (Å²) in [6, 6.07) is 11.4. The SMILES string of the molecule is CS(=O)(=O)NN1Cc2cc(N(CO)CCc3ccccc3)c([N+](=O)[O-])cc2NC1=O. The van der Waals surface area contributed by atoms with Gasteiger partial charge < -0.3 is 15.3 Å². The van der Waals surface area contributed by atoms with Crippen LogP contribution in [-0.2, 0) is 23.0 Å². The van der Waals surface area contributed by atoms with Gasteiger partial charge in [-0.25, -0.2) is 18.2 Å². The number of fused-ring (bicyclic) bond motifs is 1. The molecule has 0 bridgehead atoms. The summed E-state index contributed by atoms with van der Waals surface area (Å²) < 4.78 is 23.0. The van der Waals surface area contributed by atoms with Crippen molar-refractivity contribution in [1.29, 1.82) is 0 Å². The number of hydrogen-bond donors (Lipinski definition) is 3. The van der Waals surface area contributed by atoms with Crippen LogP contribution >= 0.6 is 0 Å². The highest BCUT2D eigenvalue weighted by atomic mass is 32.2. The molecule has 3 N–H and O–H groups in total. The van der Waals surface area contributed by atoms with Gasteiger partial charge in [0.25, 0.3) is 5.69 Å². The quantitative estimate of drug-likeness (QED) is 0.323. The second kappa shape index (κ2) is 8.65. The van der Waals surface area contributed by atoms with Crippen molar-refractivity contribution >= 4 is 33.1 Å². The van der Waals surface area contributed by atoms with Gasteiger partial charge in [0.1, 0.15) is 12.4 Å². The molecule has 160 valence electrons. The van der Waals surface area contributed by atoms with E-state index in [0.717, 1.165) is 16.8 Å². The Morgan fingerprint density at radius 1 is 1.30 bits per heavy atom. The Hall–Kier alpha value is -3.22. The molecule has 0 fully saturated rings. The molecule has 0 spiro atoms. The summed E-state index contributed by atoms with van der Waals surface area (Å²) in [6.07, 6.45) is 1.46. The fourth-order valence-electron chi connectivity index (χ4n) is 3.14. The van der Waals surface area contributed by atoms with Crippen LogP contribution in [0.25, 0.3) is 0 Å². The van der Waals surface area contributed by atoms with Crippen LogP contribution in [0.15, 0.2) is 42.5 Å². The van der Waals surface area contributed by atoms with E-state index in [0.29, 0.717) is 18.5 Å². The predicted octanol–water partition coefficient (Wildman–Crippen LogP) is 1.41. The largest absolute Gasteiger partial charge is 0.376 e. The molecule has 0 aromatic heterocycles. The highest BCUT2D eigenvalue weighted by Gasteiger charge is 2.30. The second-order valence-electron chi connectivity index (χ2n) is 6.78. The van der Waals surface area contributed by atoms with Crippen LogP contribution in [-0.4, -0.2) is 49.0 Å². The minimum Gasteiger partial charge on any atom is -0.376 e. The number of nitrogens with one attached hydrogen (secondary N) is 2. The van der Waals surface area contributed by atoms with E-state index in [-0.39, 0.29) is 23.6 Å². The number of aliphatic hydroxyl groups excluding tert-OH is 1. The normalized spacial score (nSPS) is 13.5. The lowest BCUT2D eigenvalue weighted by atomic mass is 10.1. The van der Waals surface area contributed by atoms with Crippen molar-refractivity contribution in [2.24, 2.45) is 0 Å². The Labute approximate surface area is 173 Å². The fourth-order valence-corrected chi connectivity index (χ4v) is 3.69. The third-order valence-corrected chi connectivity index (χ3v) is 5.06. The maximum atomic E-state index is 12.1. The Morgan fingerprint density at radius 3 is 2.60 bits per heavy atom. The van der Waals surface area contributed by atoms with E-state index in [4.69, 9.17) is 0 Å². The third kappa shape index (κ3) is 5.03. The summed E-state index contributed by atoms with van der Waals surface area (Å²) >= 11 is 0. The number of aliphatic hydroxyl groups is 1. The Kier molecular flexibility index (Phi) is 6.20. The van der Waals surface area contributed by atoms with Crippen LogP contribution in [0.4, 0.5) is 21.9 Å². The van der Waals surface area contributed by atoms with E-state index >= 15 is 0 Å². The van der Waals surface area contributed by atoms with Crippen molar-refractivity contribution in [2.75, 3.05) is 29.7 Å². The fraction of sp³-hybridized carbons (Fsp3) is 0.278. The van der Waals surface area contributed by atoms with Crippen molar-refractivity contribution in [2.45, 2.75) is 13.0 Å². The number of hydrogen-bond acceptors (Lipinski definition) is 7. The van der Waals surface area contributed by atoms with Gasteiger partial charge in [-0.05, 0) is 23.6 Å². The van der Waals surface area contributed by atoms with E-state index in [2.05, 4.69) is 10.1 Å². The van der Waals surface area contributed by atoms with Crippen molar-refractivity contribution in [3.8, 4) is 0 Å². The van der Waals surface area contributed by atoms with Gasteiger partial charge in [0.05, 0.1) is 23.4 Å². The van der Waals surface area contributed by atoms with Gasteiger partial charge >= 0.3 is 6.03 Å². The Balaban J connectivity index is 1.92. The van der Waals surface area contributed by atoms with Crippen LogP contribution in [0.1, 0.15) is 11.1 Å². The number of hydrazine groups is 1. The van der Waals surface area contributed by atoms with Crippen molar-refractivity contribution < 1.29 is 23.2 Å². The van der Waals surface area contributed by atoms with Gasteiger partial charge in [0, 0.05) is 12.6 Å². The number of carbonyl (C=O) groups excluding carboxylic acids is 1. The minimum absolute atomic E-state index is 0.128. The number of amides is 2. The third-order valence-electron chi connectivity index (χ3n) is 4.51. The summed E-state index contributed by atoms with van der Waals surface area (Å²) in [5.74, 6) is 0. The summed E-state index contributed by atoms with van der Waals surface area (Å²) in [6.45, 7) is -0.265. The molecule has 0 saturated carbocycles. The zero-order valence-corrected chi connectivity index (χ0v) is 16.9. The first-order valence-corrected chi connectivity index (χ1v) is 10.8. The zero-order valence-electron chi connectivity index (χ0n) is 16.1. The second-order valence-corrected chi connectivity index (χ2v) is 8.50. The van der Waals surface area contributed by atoms with E-state index < -0.39 is 27.7 Å². The molecule has 2 aromatic rings. The summed E-state index contributed by atoms with van der Waals surface area (Å²) in [5.41, 5.74) is 1.58. The number of sulfonamides is 1. The van der Waals surface area contributed by atoms with Gasteiger partial charge in [-0.1, -0.05) is 30.3 Å². The van der Waals surface area contributed by atoms with E-state index in [1.807, 2.05) is 30.3 Å². The predicted molar refractivity (Wildman–Crippen MR) is 110 cm³/mol.